The van der Waals surface area contributed by atoms with Gasteiger partial charge >= 0.3 is 0 Å². The topological polar surface area (TPSA) is 84.5 Å². The summed E-state index contributed by atoms with van der Waals surface area (Å²) in [4.78, 5) is 29.3. The number of rotatable bonds is 3. The molecule has 0 bridgehead atoms. The molecular formula is C16H14ClN3O2S. The summed E-state index contributed by atoms with van der Waals surface area (Å²) >= 11 is 7.38. The molecule has 0 spiro atoms. The van der Waals surface area contributed by atoms with Crippen LogP contribution in [0.3, 0.4) is 0 Å². The number of halogens is 1. The van der Waals surface area contributed by atoms with Gasteiger partial charge in [-0.2, -0.15) is 0 Å². The zero-order valence-corrected chi connectivity index (χ0v) is 13.9. The number of hydrogen-bond acceptors (Lipinski definition) is 4. The lowest BCUT2D eigenvalue weighted by Gasteiger charge is -2.10. The molecule has 3 N–H and O–H groups in total. The molecule has 0 atom stereocenters. The maximum atomic E-state index is 12.0. The van der Waals surface area contributed by atoms with E-state index < -0.39 is 5.91 Å². The van der Waals surface area contributed by atoms with Gasteiger partial charge in [-0.25, -0.2) is 4.99 Å². The molecule has 1 aromatic carbocycles. The summed E-state index contributed by atoms with van der Waals surface area (Å²) in [6, 6.07) is 7.15. The van der Waals surface area contributed by atoms with Crippen LogP contribution in [0.2, 0.25) is 5.02 Å². The molecule has 5 nitrogen and oxygen atoms in total. The van der Waals surface area contributed by atoms with Crippen molar-refractivity contribution in [1.29, 1.82) is 0 Å². The molecule has 2 heterocycles. The molecule has 0 fully saturated rings. The smallest absolute Gasteiger partial charge is 0.260 e. The van der Waals surface area contributed by atoms with Crippen molar-refractivity contribution in [1.82, 2.24) is 0 Å². The number of aliphatic imine (C=N–C) groups is 1. The van der Waals surface area contributed by atoms with Gasteiger partial charge in [-0.1, -0.05) is 23.7 Å². The number of carbonyl (C=O) groups is 2. The van der Waals surface area contributed by atoms with Crippen molar-refractivity contribution in [2.45, 2.75) is 12.8 Å². The van der Waals surface area contributed by atoms with Crippen LogP contribution in [0.4, 0.5) is 5.69 Å². The first-order chi connectivity index (χ1) is 11.0. The molecule has 0 unspecified atom stereocenters. The summed E-state index contributed by atoms with van der Waals surface area (Å²) in [5.41, 5.74) is 8.12. The highest BCUT2D eigenvalue weighted by molar-refractivity contribution is 7.15. The van der Waals surface area contributed by atoms with Gasteiger partial charge in [-0.3, -0.25) is 9.59 Å². The fourth-order valence-corrected chi connectivity index (χ4v) is 3.97. The van der Waals surface area contributed by atoms with Crippen molar-refractivity contribution < 1.29 is 9.59 Å². The third-order valence-corrected chi connectivity index (χ3v) is 5.09. The number of primary amides is 1. The Morgan fingerprint density at radius 1 is 1.39 bits per heavy atom. The summed E-state index contributed by atoms with van der Waals surface area (Å²) in [7, 11) is 1.72. The van der Waals surface area contributed by atoms with E-state index in [1.165, 1.54) is 11.3 Å². The highest BCUT2D eigenvalue weighted by atomic mass is 35.5. The lowest BCUT2D eigenvalue weighted by Crippen LogP contribution is -2.13. The molecule has 0 saturated heterocycles. The highest BCUT2D eigenvalue weighted by Crippen LogP contribution is 2.37. The molecule has 0 aliphatic carbocycles. The van der Waals surface area contributed by atoms with E-state index in [9.17, 15) is 9.59 Å². The third kappa shape index (κ3) is 2.87. The van der Waals surface area contributed by atoms with Crippen molar-refractivity contribution in [2.24, 2.45) is 10.7 Å². The minimum Gasteiger partial charge on any atom is -0.386 e. The van der Waals surface area contributed by atoms with Crippen molar-refractivity contribution in [3.63, 3.8) is 0 Å². The van der Waals surface area contributed by atoms with Crippen molar-refractivity contribution in [3.8, 4) is 0 Å². The largest absolute Gasteiger partial charge is 0.386 e. The van der Waals surface area contributed by atoms with Crippen molar-refractivity contribution in [3.05, 3.63) is 50.2 Å². The Hall–Kier alpha value is -2.18. The monoisotopic (exact) mass is 347 g/mol. The number of nitrogens with zero attached hydrogens (tertiary/aromatic N) is 1. The number of nitrogens with two attached hydrogens (primary N) is 1. The standard InChI is InChI=1S/C16H14ClN3O2S/c1-19-14-12-10(23-15(14)16(18)22)5-6-11(21)20-13(12)8-3-2-4-9(17)7-8/h2-4,7,19H,5-6H2,1H3,(H2,18,22). The predicted molar refractivity (Wildman–Crippen MR) is 92.8 cm³/mol. The van der Waals surface area contributed by atoms with Crippen LogP contribution in [0.1, 0.15) is 32.1 Å². The molecule has 3 rings (SSSR count). The quantitative estimate of drug-likeness (QED) is 0.895. The van der Waals surface area contributed by atoms with E-state index in [0.717, 1.165) is 16.0 Å². The Morgan fingerprint density at radius 3 is 2.83 bits per heavy atom. The number of benzene rings is 1. The van der Waals surface area contributed by atoms with Crippen LogP contribution < -0.4 is 11.1 Å². The molecule has 0 radical (unpaired) electrons. The summed E-state index contributed by atoms with van der Waals surface area (Å²) < 4.78 is 0. The molecule has 1 aliphatic rings. The fourth-order valence-electron chi connectivity index (χ4n) is 2.62. The zero-order chi connectivity index (χ0) is 16.6. The molecule has 1 aromatic heterocycles. The van der Waals surface area contributed by atoms with E-state index in [1.807, 2.05) is 6.07 Å². The zero-order valence-electron chi connectivity index (χ0n) is 12.4. The van der Waals surface area contributed by atoms with Crippen molar-refractivity contribution >= 4 is 46.2 Å². The van der Waals surface area contributed by atoms with Crippen LogP contribution in [0, 0.1) is 0 Å². The Labute approximate surface area is 142 Å². The molecule has 1 aliphatic heterocycles. The third-order valence-electron chi connectivity index (χ3n) is 3.59. The first-order valence-electron chi connectivity index (χ1n) is 7.02. The van der Waals surface area contributed by atoms with Crippen LogP contribution in [-0.2, 0) is 11.2 Å². The van der Waals surface area contributed by atoms with Gasteiger partial charge in [0.05, 0.1) is 11.4 Å². The van der Waals surface area contributed by atoms with Gasteiger partial charge in [0.25, 0.3) is 5.91 Å². The van der Waals surface area contributed by atoms with Crippen LogP contribution in [-0.4, -0.2) is 24.6 Å². The highest BCUT2D eigenvalue weighted by Gasteiger charge is 2.27. The van der Waals surface area contributed by atoms with Crippen LogP contribution in [0.5, 0.6) is 0 Å². The second-order valence-electron chi connectivity index (χ2n) is 5.08. The summed E-state index contributed by atoms with van der Waals surface area (Å²) in [5, 5.41) is 3.58. The summed E-state index contributed by atoms with van der Waals surface area (Å²) in [6.45, 7) is 0. The van der Waals surface area contributed by atoms with E-state index in [1.54, 1.807) is 25.2 Å². The molecule has 0 saturated carbocycles. The van der Waals surface area contributed by atoms with Gasteiger partial charge in [0.2, 0.25) is 5.91 Å². The molecule has 118 valence electrons. The molecule has 23 heavy (non-hydrogen) atoms. The Bertz CT molecular complexity index is 842. The normalized spacial score (nSPS) is 14.0. The number of nitrogens with one attached hydrogen (secondary N) is 1. The minimum absolute atomic E-state index is 0.189. The summed E-state index contributed by atoms with van der Waals surface area (Å²) in [5.74, 6) is -0.685. The van der Waals surface area contributed by atoms with E-state index >= 15 is 0 Å². The maximum absolute atomic E-state index is 12.0. The van der Waals surface area contributed by atoms with Crippen LogP contribution in [0.15, 0.2) is 29.3 Å². The second kappa shape index (κ2) is 6.14. The lowest BCUT2D eigenvalue weighted by atomic mass is 10.00. The predicted octanol–water partition coefficient (Wildman–Crippen LogP) is 2.85. The minimum atomic E-state index is -0.496. The Kier molecular flexibility index (Phi) is 4.19. The van der Waals surface area contributed by atoms with Gasteiger partial charge < -0.3 is 11.1 Å². The van der Waals surface area contributed by atoms with Crippen molar-refractivity contribution in [2.75, 3.05) is 12.4 Å². The molecule has 7 heteroatoms. The molecule has 2 aromatic rings. The molecular weight excluding hydrogens is 334 g/mol. The van der Waals surface area contributed by atoms with E-state index in [-0.39, 0.29) is 5.91 Å². The number of fused-ring (bicyclic) bond motifs is 1. The Morgan fingerprint density at radius 2 is 2.17 bits per heavy atom. The van der Waals surface area contributed by atoms with E-state index in [0.29, 0.717) is 34.1 Å². The first kappa shape index (κ1) is 15.7. The first-order valence-corrected chi connectivity index (χ1v) is 8.21. The number of hydrogen-bond donors (Lipinski definition) is 2. The Balaban J connectivity index is 2.28. The number of thiophene rings is 1. The van der Waals surface area contributed by atoms with E-state index in [2.05, 4.69) is 10.3 Å². The number of anilines is 1. The second-order valence-corrected chi connectivity index (χ2v) is 6.62. The van der Waals surface area contributed by atoms with Gasteiger partial charge in [-0.15, -0.1) is 11.3 Å². The van der Waals surface area contributed by atoms with Crippen LogP contribution in [0.25, 0.3) is 0 Å². The van der Waals surface area contributed by atoms with Gasteiger partial charge in [0, 0.05) is 34.5 Å². The average molecular weight is 348 g/mol. The fraction of sp³-hybridized carbons (Fsp3) is 0.188. The van der Waals surface area contributed by atoms with E-state index in [4.69, 9.17) is 17.3 Å². The van der Waals surface area contributed by atoms with Gasteiger partial charge in [0.1, 0.15) is 4.88 Å². The number of amides is 2. The van der Waals surface area contributed by atoms with Gasteiger partial charge in [0.15, 0.2) is 0 Å². The van der Waals surface area contributed by atoms with Gasteiger partial charge in [-0.05, 0) is 18.6 Å². The average Bonchev–Trinajstić information content (AvgIpc) is 2.81. The number of aryl methyl sites for hydroxylation is 1. The van der Waals surface area contributed by atoms with Crippen LogP contribution >= 0.6 is 22.9 Å². The SMILES string of the molecule is CNc1c(C(N)=O)sc2c1C(c1cccc(Cl)c1)=NC(=O)CC2. The number of carbonyl (C=O) groups excluding carboxylic acids is 2. The molecule has 2 amide bonds. The maximum Gasteiger partial charge on any atom is 0.260 e. The lowest BCUT2D eigenvalue weighted by molar-refractivity contribution is -0.117. The summed E-state index contributed by atoms with van der Waals surface area (Å²) in [6.07, 6.45) is 0.841.